The van der Waals surface area contributed by atoms with Crippen LogP contribution in [0.25, 0.3) is 28.3 Å². The summed E-state index contributed by atoms with van der Waals surface area (Å²) in [6.07, 6.45) is 6.37. The predicted octanol–water partition coefficient (Wildman–Crippen LogP) is 6.44. The molecule has 0 saturated heterocycles. The second kappa shape index (κ2) is 11.6. The first-order valence-electron chi connectivity index (χ1n) is 10.5. The van der Waals surface area contributed by atoms with Gasteiger partial charge in [-0.05, 0) is 38.1 Å². The molecule has 0 radical (unpaired) electrons. The summed E-state index contributed by atoms with van der Waals surface area (Å²) in [5.74, 6) is 0.739. The number of allylic oxidation sites excluding steroid dienone is 1. The van der Waals surface area contributed by atoms with E-state index in [2.05, 4.69) is 71.0 Å². The highest BCUT2D eigenvalue weighted by Crippen LogP contribution is 2.32. The van der Waals surface area contributed by atoms with Crippen LogP contribution >= 0.6 is 0 Å². The molecular weight excluding hydrogens is 368 g/mol. The summed E-state index contributed by atoms with van der Waals surface area (Å²) in [5, 5.41) is 0. The van der Waals surface area contributed by atoms with Crippen LogP contribution in [0.5, 0.6) is 0 Å². The van der Waals surface area contributed by atoms with Gasteiger partial charge < -0.3 is 5.73 Å². The van der Waals surface area contributed by atoms with Crippen molar-refractivity contribution in [1.82, 2.24) is 14.4 Å². The van der Waals surface area contributed by atoms with Gasteiger partial charge in [-0.15, -0.1) is 0 Å². The van der Waals surface area contributed by atoms with Gasteiger partial charge in [0.15, 0.2) is 0 Å². The lowest BCUT2D eigenvalue weighted by Crippen LogP contribution is -1.92. The first-order valence-corrected chi connectivity index (χ1v) is 10.5. The van der Waals surface area contributed by atoms with Gasteiger partial charge in [-0.3, -0.25) is 4.40 Å². The van der Waals surface area contributed by atoms with E-state index >= 15 is 0 Å². The Morgan fingerprint density at radius 3 is 2.10 bits per heavy atom. The van der Waals surface area contributed by atoms with Crippen molar-refractivity contribution in [1.29, 1.82) is 0 Å². The number of aryl methyl sites for hydroxylation is 2. The fraction of sp³-hybridized carbons (Fsp3) is 0.231. The molecule has 2 N–H and O–H groups in total. The van der Waals surface area contributed by atoms with Gasteiger partial charge in [0.25, 0.3) is 0 Å². The van der Waals surface area contributed by atoms with Crippen molar-refractivity contribution >= 4 is 5.78 Å². The summed E-state index contributed by atoms with van der Waals surface area (Å²) in [6.45, 7) is 10.0. The molecule has 2 aromatic carbocycles. The normalized spacial score (nSPS) is 10.3. The first kappa shape index (κ1) is 22.9. The second-order valence-electron chi connectivity index (χ2n) is 6.49. The summed E-state index contributed by atoms with van der Waals surface area (Å²) in [6, 6.07) is 21.1. The number of rotatable bonds is 3. The van der Waals surface area contributed by atoms with Crippen molar-refractivity contribution in [2.24, 2.45) is 5.73 Å². The zero-order chi connectivity index (χ0) is 21.9. The smallest absolute Gasteiger partial charge is 0.235 e. The van der Waals surface area contributed by atoms with E-state index in [1.54, 1.807) is 6.08 Å². The van der Waals surface area contributed by atoms with Gasteiger partial charge in [0, 0.05) is 23.0 Å². The van der Waals surface area contributed by atoms with E-state index in [1.165, 1.54) is 11.8 Å². The molecule has 0 aliphatic rings. The van der Waals surface area contributed by atoms with Crippen molar-refractivity contribution in [2.75, 3.05) is 0 Å². The van der Waals surface area contributed by atoms with Crippen LogP contribution < -0.4 is 5.73 Å². The van der Waals surface area contributed by atoms with Crippen molar-refractivity contribution < 1.29 is 0 Å². The van der Waals surface area contributed by atoms with Crippen LogP contribution in [0.4, 0.5) is 0 Å². The summed E-state index contributed by atoms with van der Waals surface area (Å²) in [5.41, 5.74) is 11.5. The lowest BCUT2D eigenvalue weighted by atomic mass is 10.0. The molecular formula is C26H32N4. The van der Waals surface area contributed by atoms with E-state index in [-0.39, 0.29) is 0 Å². The van der Waals surface area contributed by atoms with Crippen LogP contribution in [-0.4, -0.2) is 14.4 Å². The number of hydrogen-bond donors (Lipinski definition) is 1. The van der Waals surface area contributed by atoms with E-state index < -0.39 is 0 Å². The number of aromatic nitrogens is 3. The molecule has 0 aliphatic carbocycles. The Hall–Kier alpha value is -3.40. The van der Waals surface area contributed by atoms with Crippen LogP contribution in [0.3, 0.4) is 0 Å². The van der Waals surface area contributed by atoms with Gasteiger partial charge in [0.2, 0.25) is 5.78 Å². The molecule has 156 valence electrons. The maximum absolute atomic E-state index is 4.85. The average molecular weight is 401 g/mol. The number of benzene rings is 2. The highest BCUT2D eigenvalue weighted by molar-refractivity contribution is 5.81. The highest BCUT2D eigenvalue weighted by Gasteiger charge is 2.16. The van der Waals surface area contributed by atoms with Gasteiger partial charge in [-0.1, -0.05) is 81.4 Å². The predicted molar refractivity (Wildman–Crippen MR) is 128 cm³/mol. The Balaban J connectivity index is 0.000000481. The van der Waals surface area contributed by atoms with Crippen LogP contribution in [0, 0.1) is 6.92 Å². The van der Waals surface area contributed by atoms with Gasteiger partial charge >= 0.3 is 0 Å². The van der Waals surface area contributed by atoms with E-state index in [4.69, 9.17) is 10.7 Å². The molecule has 0 fully saturated rings. The maximum atomic E-state index is 4.85. The lowest BCUT2D eigenvalue weighted by Gasteiger charge is -2.06. The fourth-order valence-corrected chi connectivity index (χ4v) is 2.99. The van der Waals surface area contributed by atoms with Crippen LogP contribution in [0.15, 0.2) is 79.1 Å². The number of nitrogens with zero attached hydrogens (tertiary/aromatic N) is 3. The van der Waals surface area contributed by atoms with Crippen molar-refractivity contribution in [2.45, 2.75) is 41.0 Å². The molecule has 2 aromatic heterocycles. The topological polar surface area (TPSA) is 56.2 Å². The number of fused-ring (bicyclic) bond motifs is 1. The van der Waals surface area contributed by atoms with Gasteiger partial charge in [0.1, 0.15) is 0 Å². The van der Waals surface area contributed by atoms with E-state index in [0.717, 1.165) is 40.4 Å². The number of hydrogen-bond acceptors (Lipinski definition) is 3. The minimum absolute atomic E-state index is 0.739. The molecule has 0 unspecified atom stereocenters. The molecule has 0 amide bonds. The van der Waals surface area contributed by atoms with E-state index in [1.807, 2.05) is 39.8 Å². The molecule has 4 heteroatoms. The highest BCUT2D eigenvalue weighted by atomic mass is 15.1. The van der Waals surface area contributed by atoms with Crippen molar-refractivity contribution in [3.05, 3.63) is 90.4 Å². The molecule has 0 spiro atoms. The van der Waals surface area contributed by atoms with Gasteiger partial charge in [-0.2, -0.15) is 0 Å². The Morgan fingerprint density at radius 1 is 0.900 bits per heavy atom. The maximum Gasteiger partial charge on any atom is 0.235 e. The monoisotopic (exact) mass is 400 g/mol. The number of imidazole rings is 1. The Labute approximate surface area is 180 Å². The zero-order valence-electron chi connectivity index (χ0n) is 18.6. The lowest BCUT2D eigenvalue weighted by molar-refractivity contribution is 1.07. The molecule has 30 heavy (non-hydrogen) atoms. The third-order valence-corrected chi connectivity index (χ3v) is 4.51. The minimum Gasteiger partial charge on any atom is -0.405 e. The third kappa shape index (κ3) is 5.35. The molecule has 0 saturated carbocycles. The fourth-order valence-electron chi connectivity index (χ4n) is 2.99. The summed E-state index contributed by atoms with van der Waals surface area (Å²) < 4.78 is 2.07. The SMILES string of the molecule is C/C=C/N.CC.CCc1ccc(-c2nc3nc(C)ccn3c2-c2ccccc2)cc1. The largest absolute Gasteiger partial charge is 0.405 e. The van der Waals surface area contributed by atoms with Crippen LogP contribution in [0.1, 0.15) is 39.0 Å². The average Bonchev–Trinajstić information content (AvgIpc) is 3.19. The zero-order valence-corrected chi connectivity index (χ0v) is 18.6. The van der Waals surface area contributed by atoms with Gasteiger partial charge in [-0.25, -0.2) is 9.97 Å². The summed E-state index contributed by atoms with van der Waals surface area (Å²) in [4.78, 5) is 9.42. The summed E-state index contributed by atoms with van der Waals surface area (Å²) in [7, 11) is 0. The second-order valence-corrected chi connectivity index (χ2v) is 6.49. The molecule has 2 heterocycles. The van der Waals surface area contributed by atoms with Gasteiger partial charge in [0.05, 0.1) is 11.4 Å². The molecule has 0 atom stereocenters. The quantitative estimate of drug-likeness (QED) is 0.430. The van der Waals surface area contributed by atoms with E-state index in [9.17, 15) is 0 Å². The van der Waals surface area contributed by atoms with E-state index in [0.29, 0.717) is 0 Å². The Morgan fingerprint density at radius 2 is 1.53 bits per heavy atom. The molecule has 0 bridgehead atoms. The Bertz CT molecular complexity index is 1060. The van der Waals surface area contributed by atoms with Crippen LogP contribution in [0.2, 0.25) is 0 Å². The van der Waals surface area contributed by atoms with Crippen molar-refractivity contribution in [3.63, 3.8) is 0 Å². The standard InChI is InChI=1S/C21H19N3.C3H7N.C2H6/c1-3-16-9-11-17(12-10-16)19-20(18-7-5-4-6-8-18)24-14-13-15(2)22-21(24)23-19;1-2-3-4;1-2/h4-14H,3H2,1-2H3;2-3H,4H2,1H3;1-2H3/b;3-2+;. The van der Waals surface area contributed by atoms with Crippen LogP contribution in [-0.2, 0) is 6.42 Å². The minimum atomic E-state index is 0.739. The molecule has 0 aliphatic heterocycles. The summed E-state index contributed by atoms with van der Waals surface area (Å²) >= 11 is 0. The van der Waals surface area contributed by atoms with Crippen molar-refractivity contribution in [3.8, 4) is 22.5 Å². The molecule has 4 aromatic rings. The number of nitrogens with two attached hydrogens (primary N) is 1. The first-order chi connectivity index (χ1) is 14.7. The molecule has 4 nitrogen and oxygen atoms in total. The Kier molecular flexibility index (Phi) is 8.82. The molecule has 4 rings (SSSR count). The third-order valence-electron chi connectivity index (χ3n) is 4.51.